The van der Waals surface area contributed by atoms with Crippen LogP contribution in [0.5, 0.6) is 0 Å². The molecule has 0 bridgehead atoms. The fourth-order valence-corrected chi connectivity index (χ4v) is 1.28. The average Bonchev–Trinajstić information content (AvgIpc) is 1.90. The largest absolute Gasteiger partial charge is 0.264 e. The molecule has 0 aliphatic carbocycles. The van der Waals surface area contributed by atoms with E-state index >= 15 is 0 Å². The zero-order valence-corrected chi connectivity index (χ0v) is 8.02. The molecule has 0 aromatic carbocycles. The van der Waals surface area contributed by atoms with Crippen molar-refractivity contribution in [2.45, 2.75) is 16.6 Å². The quantitative estimate of drug-likeness (QED) is 0.637. The van der Waals surface area contributed by atoms with E-state index in [9.17, 15) is 0 Å². The Morgan fingerprint density at radius 3 is 2.56 bits per heavy atom. The maximum atomic E-state index is 4.17. The first-order chi connectivity index (χ1) is 4.30. The maximum absolute atomic E-state index is 4.17. The first kappa shape index (κ1) is 7.48. The van der Waals surface area contributed by atoms with Gasteiger partial charge in [-0.15, -0.1) is 0 Å². The summed E-state index contributed by atoms with van der Waals surface area (Å²) in [5.74, 6) is 0. The van der Waals surface area contributed by atoms with Crippen LogP contribution in [0.4, 0.5) is 0 Å². The van der Waals surface area contributed by atoms with Crippen molar-refractivity contribution < 1.29 is 0 Å². The number of allylic oxidation sites excluding steroid dienone is 2. The molecule has 0 atom stereocenters. The van der Waals surface area contributed by atoms with Gasteiger partial charge in [-0.1, -0.05) is 37.9 Å². The van der Waals surface area contributed by atoms with Crippen LogP contribution in [0, 0.1) is 0 Å². The highest BCUT2D eigenvalue weighted by Crippen LogP contribution is 2.22. The summed E-state index contributed by atoms with van der Waals surface area (Å²) < 4.78 is 0.224. The number of halogens is 2. The Kier molecular flexibility index (Phi) is 2.92. The van der Waals surface area contributed by atoms with Crippen LogP contribution in [-0.2, 0) is 0 Å². The van der Waals surface area contributed by atoms with E-state index in [4.69, 9.17) is 0 Å². The predicted molar refractivity (Wildman–Crippen MR) is 47.5 cm³/mol. The van der Waals surface area contributed by atoms with Gasteiger partial charge in [-0.3, -0.25) is 4.99 Å². The Balaban J connectivity index is 2.58. The van der Waals surface area contributed by atoms with Crippen molar-refractivity contribution in [3.8, 4) is 0 Å². The molecule has 1 heterocycles. The van der Waals surface area contributed by atoms with E-state index < -0.39 is 0 Å². The summed E-state index contributed by atoms with van der Waals surface area (Å²) in [4.78, 5) is 4.17. The lowest BCUT2D eigenvalue weighted by Gasteiger charge is -2.05. The fraction of sp³-hybridized carbons (Fsp3) is 0.500. The van der Waals surface area contributed by atoms with Gasteiger partial charge in [-0.25, -0.2) is 0 Å². The molecule has 0 amide bonds. The van der Waals surface area contributed by atoms with Crippen LogP contribution in [0.3, 0.4) is 0 Å². The van der Waals surface area contributed by atoms with Crippen LogP contribution in [-0.4, -0.2) is 9.95 Å². The van der Waals surface area contributed by atoms with E-state index in [0.717, 1.165) is 18.5 Å². The summed E-state index contributed by atoms with van der Waals surface area (Å²) in [6, 6.07) is 0. The molecule has 0 N–H and O–H groups in total. The van der Waals surface area contributed by atoms with Crippen LogP contribution < -0.4 is 0 Å². The minimum Gasteiger partial charge on any atom is -0.264 e. The molecule has 0 spiro atoms. The van der Waals surface area contributed by atoms with E-state index in [1.807, 2.05) is 6.21 Å². The van der Waals surface area contributed by atoms with Gasteiger partial charge in [0.15, 0.2) is 0 Å². The lowest BCUT2D eigenvalue weighted by molar-refractivity contribution is 1.04. The van der Waals surface area contributed by atoms with Crippen molar-refractivity contribution in [1.29, 1.82) is 0 Å². The third-order valence-corrected chi connectivity index (χ3v) is 2.05. The molecule has 1 aliphatic rings. The second kappa shape index (κ2) is 3.52. The summed E-state index contributed by atoms with van der Waals surface area (Å²) in [7, 11) is 0. The summed E-state index contributed by atoms with van der Waals surface area (Å²) in [5.41, 5.74) is 1.08. The van der Waals surface area contributed by atoms with E-state index in [1.54, 1.807) is 0 Å². The Bertz CT molecular complexity index is 149. The van der Waals surface area contributed by atoms with Crippen LogP contribution in [0.15, 0.2) is 16.8 Å². The molecular formula is C6H7Br2N. The lowest BCUT2D eigenvalue weighted by Crippen LogP contribution is -1.94. The molecule has 0 aromatic rings. The topological polar surface area (TPSA) is 12.4 Å². The van der Waals surface area contributed by atoms with Gasteiger partial charge in [-0.2, -0.15) is 0 Å². The highest BCUT2D eigenvalue weighted by Gasteiger charge is 2.04. The summed E-state index contributed by atoms with van der Waals surface area (Å²) >= 11 is 6.74. The van der Waals surface area contributed by atoms with Crippen molar-refractivity contribution >= 4 is 38.1 Å². The fourth-order valence-electron chi connectivity index (χ4n) is 0.674. The molecule has 50 valence electrons. The van der Waals surface area contributed by atoms with Gasteiger partial charge < -0.3 is 0 Å². The molecule has 1 nitrogen and oxygen atoms in total. The standard InChI is InChI=1S/C6H7Br2N/c7-6(8)5-3-1-2-4-9-5/h3-4,6H,1-2H2. The van der Waals surface area contributed by atoms with Gasteiger partial charge in [0.1, 0.15) is 3.74 Å². The maximum Gasteiger partial charge on any atom is 0.111 e. The molecule has 9 heavy (non-hydrogen) atoms. The van der Waals surface area contributed by atoms with Crippen molar-refractivity contribution in [1.82, 2.24) is 0 Å². The van der Waals surface area contributed by atoms with Crippen LogP contribution in [0.2, 0.25) is 0 Å². The van der Waals surface area contributed by atoms with Crippen molar-refractivity contribution in [3.05, 3.63) is 11.8 Å². The summed E-state index contributed by atoms with van der Waals surface area (Å²) in [6.45, 7) is 0. The normalized spacial score (nSPS) is 18.3. The third-order valence-electron chi connectivity index (χ3n) is 1.11. The van der Waals surface area contributed by atoms with Gasteiger partial charge in [0.2, 0.25) is 0 Å². The van der Waals surface area contributed by atoms with Gasteiger partial charge >= 0.3 is 0 Å². The van der Waals surface area contributed by atoms with Crippen LogP contribution in [0.1, 0.15) is 12.8 Å². The molecule has 1 rings (SSSR count). The van der Waals surface area contributed by atoms with Crippen LogP contribution >= 0.6 is 31.9 Å². The number of nitrogens with zero attached hydrogens (tertiary/aromatic N) is 1. The molecular weight excluding hydrogens is 246 g/mol. The van der Waals surface area contributed by atoms with E-state index in [2.05, 4.69) is 42.9 Å². The number of alkyl halides is 2. The Hall–Kier alpha value is 0.370. The van der Waals surface area contributed by atoms with Crippen molar-refractivity contribution in [2.24, 2.45) is 4.99 Å². The first-order valence-corrected chi connectivity index (χ1v) is 4.64. The lowest BCUT2D eigenvalue weighted by atomic mass is 10.2. The Morgan fingerprint density at radius 2 is 2.22 bits per heavy atom. The van der Waals surface area contributed by atoms with Gasteiger partial charge in [0.05, 0.1) is 5.70 Å². The van der Waals surface area contributed by atoms with E-state index in [-0.39, 0.29) is 3.74 Å². The minimum atomic E-state index is 0.224. The van der Waals surface area contributed by atoms with Gasteiger partial charge in [-0.05, 0) is 12.8 Å². The zero-order valence-electron chi connectivity index (χ0n) is 4.85. The second-order valence-corrected chi connectivity index (χ2v) is 4.88. The molecule has 0 unspecified atom stereocenters. The Labute approximate surface area is 71.5 Å². The Morgan fingerprint density at radius 1 is 1.44 bits per heavy atom. The molecule has 0 fully saturated rings. The van der Waals surface area contributed by atoms with E-state index in [0.29, 0.717) is 0 Å². The van der Waals surface area contributed by atoms with Gasteiger partial charge in [0.25, 0.3) is 0 Å². The summed E-state index contributed by atoms with van der Waals surface area (Å²) in [5, 5.41) is 0. The van der Waals surface area contributed by atoms with Crippen molar-refractivity contribution in [2.75, 3.05) is 0 Å². The van der Waals surface area contributed by atoms with Gasteiger partial charge in [0, 0.05) is 6.21 Å². The number of rotatable bonds is 1. The molecule has 0 radical (unpaired) electrons. The number of hydrogen-bond donors (Lipinski definition) is 0. The van der Waals surface area contributed by atoms with Crippen molar-refractivity contribution in [3.63, 3.8) is 0 Å². The molecule has 0 saturated carbocycles. The molecule has 0 saturated heterocycles. The SMILES string of the molecule is BrC(Br)C1=CCCC=N1. The smallest absolute Gasteiger partial charge is 0.111 e. The highest BCUT2D eigenvalue weighted by molar-refractivity contribution is 9.24. The second-order valence-electron chi connectivity index (χ2n) is 1.82. The zero-order chi connectivity index (χ0) is 6.69. The predicted octanol–water partition coefficient (Wildman–Crippen LogP) is 2.85. The molecule has 1 aliphatic heterocycles. The third kappa shape index (κ3) is 2.22. The molecule has 3 heteroatoms. The average molecular weight is 253 g/mol. The molecule has 0 aromatic heterocycles. The van der Waals surface area contributed by atoms with Crippen LogP contribution in [0.25, 0.3) is 0 Å². The van der Waals surface area contributed by atoms with E-state index in [1.165, 1.54) is 0 Å². The number of aliphatic imine (C=N–C) groups is 1. The highest BCUT2D eigenvalue weighted by atomic mass is 79.9. The number of hydrogen-bond acceptors (Lipinski definition) is 1. The summed E-state index contributed by atoms with van der Waals surface area (Å²) in [6.07, 6.45) is 6.28. The first-order valence-electron chi connectivity index (χ1n) is 2.81. The monoisotopic (exact) mass is 251 g/mol. The minimum absolute atomic E-state index is 0.224.